The molecule has 1 heterocycles. The van der Waals surface area contributed by atoms with Gasteiger partial charge < -0.3 is 5.11 Å². The molecule has 0 aliphatic carbocycles. The summed E-state index contributed by atoms with van der Waals surface area (Å²) in [5.74, 6) is 0.392. The number of hydrazine groups is 1. The van der Waals surface area contributed by atoms with Gasteiger partial charge in [0, 0.05) is 24.7 Å². The van der Waals surface area contributed by atoms with Crippen LogP contribution in [0.5, 0.6) is 5.75 Å². The molecule has 0 radical (unpaired) electrons. The van der Waals surface area contributed by atoms with Gasteiger partial charge in [-0.2, -0.15) is 0 Å². The lowest BCUT2D eigenvalue weighted by molar-refractivity contribution is 0.126. The molecule has 0 spiro atoms. The fourth-order valence-corrected chi connectivity index (χ4v) is 2.41. The summed E-state index contributed by atoms with van der Waals surface area (Å²) in [6.45, 7) is 4.38. The average Bonchev–Trinajstić information content (AvgIpc) is 2.38. The Morgan fingerprint density at radius 2 is 1.94 bits per heavy atom. The molecule has 0 saturated carbocycles. The van der Waals surface area contributed by atoms with Crippen molar-refractivity contribution in [1.82, 2.24) is 10.4 Å². The van der Waals surface area contributed by atoms with E-state index in [2.05, 4.69) is 17.4 Å². The molecular formula is C14H22N2O. The monoisotopic (exact) mass is 234 g/mol. The van der Waals surface area contributed by atoms with E-state index in [1.807, 2.05) is 18.2 Å². The second-order valence-corrected chi connectivity index (χ2v) is 4.70. The zero-order valence-corrected chi connectivity index (χ0v) is 10.5. The number of phenols is 1. The first-order valence-electron chi connectivity index (χ1n) is 6.60. The van der Waals surface area contributed by atoms with E-state index >= 15 is 0 Å². The Morgan fingerprint density at radius 1 is 1.24 bits per heavy atom. The van der Waals surface area contributed by atoms with Crippen LogP contribution in [0.4, 0.5) is 0 Å². The van der Waals surface area contributed by atoms with Crippen molar-refractivity contribution in [2.24, 2.45) is 0 Å². The van der Waals surface area contributed by atoms with Gasteiger partial charge in [0.2, 0.25) is 0 Å². The summed E-state index contributed by atoms with van der Waals surface area (Å²) >= 11 is 0. The highest BCUT2D eigenvalue weighted by atomic mass is 16.3. The largest absolute Gasteiger partial charge is 0.508 e. The molecule has 3 heteroatoms. The summed E-state index contributed by atoms with van der Waals surface area (Å²) < 4.78 is 0. The van der Waals surface area contributed by atoms with Crippen molar-refractivity contribution in [2.75, 3.05) is 13.1 Å². The zero-order chi connectivity index (χ0) is 12.1. The van der Waals surface area contributed by atoms with E-state index < -0.39 is 0 Å². The maximum absolute atomic E-state index is 9.88. The van der Waals surface area contributed by atoms with Crippen molar-refractivity contribution >= 4 is 0 Å². The smallest absolute Gasteiger partial charge is 0.120 e. The second-order valence-electron chi connectivity index (χ2n) is 4.70. The number of rotatable bonds is 4. The number of phenolic OH excluding ortho intramolecular Hbond substituents is 1. The average molecular weight is 234 g/mol. The minimum atomic E-state index is 0.217. The van der Waals surface area contributed by atoms with E-state index in [1.54, 1.807) is 6.07 Å². The molecule has 1 saturated heterocycles. The summed E-state index contributed by atoms with van der Waals surface area (Å²) in [5, 5.41) is 12.2. The molecule has 1 unspecified atom stereocenters. The maximum Gasteiger partial charge on any atom is 0.120 e. The minimum absolute atomic E-state index is 0.217. The van der Waals surface area contributed by atoms with Crippen LogP contribution in [0.2, 0.25) is 0 Å². The molecule has 3 nitrogen and oxygen atoms in total. The number of hydrogen-bond acceptors (Lipinski definition) is 3. The fourth-order valence-electron chi connectivity index (χ4n) is 2.41. The van der Waals surface area contributed by atoms with Gasteiger partial charge in [-0.1, -0.05) is 31.5 Å². The number of aromatic hydroxyl groups is 1. The predicted octanol–water partition coefficient (Wildman–Crippen LogP) is 2.83. The molecule has 1 aromatic rings. The van der Waals surface area contributed by atoms with Crippen molar-refractivity contribution in [1.29, 1.82) is 0 Å². The Balaban J connectivity index is 2.03. The molecule has 1 aliphatic rings. The van der Waals surface area contributed by atoms with Crippen LogP contribution >= 0.6 is 0 Å². The first-order chi connectivity index (χ1) is 8.31. The predicted molar refractivity (Wildman–Crippen MR) is 69.7 cm³/mol. The number of nitrogens with one attached hydrogen (secondary N) is 1. The quantitative estimate of drug-likeness (QED) is 0.841. The van der Waals surface area contributed by atoms with Crippen molar-refractivity contribution in [2.45, 2.75) is 38.6 Å². The van der Waals surface area contributed by atoms with Gasteiger partial charge in [0.25, 0.3) is 0 Å². The number of benzene rings is 1. The Hall–Kier alpha value is -1.06. The molecular weight excluding hydrogens is 212 g/mol. The third-order valence-corrected chi connectivity index (χ3v) is 3.41. The lowest BCUT2D eigenvalue weighted by atomic mass is 10.0. The molecule has 2 N–H and O–H groups in total. The molecule has 1 aliphatic heterocycles. The van der Waals surface area contributed by atoms with Crippen molar-refractivity contribution < 1.29 is 5.11 Å². The van der Waals surface area contributed by atoms with Crippen LogP contribution in [0.15, 0.2) is 24.3 Å². The fraction of sp³-hybridized carbons (Fsp3) is 0.571. The highest BCUT2D eigenvalue weighted by Gasteiger charge is 2.17. The van der Waals surface area contributed by atoms with E-state index in [-0.39, 0.29) is 6.04 Å². The Bertz CT molecular complexity index is 348. The highest BCUT2D eigenvalue weighted by Crippen LogP contribution is 2.26. The van der Waals surface area contributed by atoms with Crippen LogP contribution in [-0.4, -0.2) is 23.2 Å². The molecule has 2 rings (SSSR count). The summed E-state index contributed by atoms with van der Waals surface area (Å²) in [7, 11) is 0. The molecule has 17 heavy (non-hydrogen) atoms. The summed E-state index contributed by atoms with van der Waals surface area (Å²) in [6.07, 6.45) is 4.86. The van der Waals surface area contributed by atoms with Crippen LogP contribution in [0.25, 0.3) is 0 Å². The Kier molecular flexibility index (Phi) is 4.40. The standard InChI is InChI=1S/C14H22N2O/c1-2-13(12-8-4-5-9-14(12)17)15-16-10-6-3-7-11-16/h4-5,8-9,13,15,17H,2-3,6-7,10-11H2,1H3. The van der Waals surface area contributed by atoms with Gasteiger partial charge in [0.1, 0.15) is 5.75 Å². The van der Waals surface area contributed by atoms with Crippen LogP contribution in [-0.2, 0) is 0 Å². The number of para-hydroxylation sites is 1. The van der Waals surface area contributed by atoms with Gasteiger partial charge in [-0.15, -0.1) is 0 Å². The Morgan fingerprint density at radius 3 is 2.59 bits per heavy atom. The van der Waals surface area contributed by atoms with Crippen LogP contribution in [0.3, 0.4) is 0 Å². The molecule has 94 valence electrons. The zero-order valence-electron chi connectivity index (χ0n) is 10.5. The Labute approximate surface area is 103 Å². The second kappa shape index (κ2) is 6.03. The highest BCUT2D eigenvalue weighted by molar-refractivity contribution is 5.34. The molecule has 0 amide bonds. The van der Waals surface area contributed by atoms with Gasteiger partial charge in [-0.25, -0.2) is 10.4 Å². The molecule has 1 atom stereocenters. The van der Waals surface area contributed by atoms with E-state index in [9.17, 15) is 5.11 Å². The number of piperidine rings is 1. The molecule has 0 aromatic heterocycles. The van der Waals surface area contributed by atoms with Crippen molar-refractivity contribution in [3.63, 3.8) is 0 Å². The van der Waals surface area contributed by atoms with Crippen LogP contribution in [0.1, 0.15) is 44.2 Å². The third kappa shape index (κ3) is 3.20. The van der Waals surface area contributed by atoms with Crippen LogP contribution < -0.4 is 5.43 Å². The van der Waals surface area contributed by atoms with E-state index in [0.717, 1.165) is 25.1 Å². The lowest BCUT2D eigenvalue weighted by Gasteiger charge is -2.31. The SMILES string of the molecule is CCC(NN1CCCCC1)c1ccccc1O. The maximum atomic E-state index is 9.88. The van der Waals surface area contributed by atoms with Gasteiger partial charge in [0.15, 0.2) is 0 Å². The molecule has 1 fully saturated rings. The summed E-state index contributed by atoms with van der Waals surface area (Å²) in [4.78, 5) is 0. The van der Waals surface area contributed by atoms with E-state index in [0.29, 0.717) is 5.75 Å². The molecule has 0 bridgehead atoms. The molecule has 1 aromatic carbocycles. The van der Waals surface area contributed by atoms with Gasteiger partial charge in [0.05, 0.1) is 0 Å². The summed E-state index contributed by atoms with van der Waals surface area (Å²) in [5.41, 5.74) is 4.54. The van der Waals surface area contributed by atoms with Crippen molar-refractivity contribution in [3.05, 3.63) is 29.8 Å². The normalized spacial score (nSPS) is 19.1. The van der Waals surface area contributed by atoms with Gasteiger partial charge in [-0.05, 0) is 25.3 Å². The van der Waals surface area contributed by atoms with Gasteiger partial charge >= 0.3 is 0 Å². The van der Waals surface area contributed by atoms with E-state index in [1.165, 1.54) is 19.3 Å². The van der Waals surface area contributed by atoms with Crippen molar-refractivity contribution in [3.8, 4) is 5.75 Å². The number of nitrogens with zero attached hydrogens (tertiary/aromatic N) is 1. The first-order valence-corrected chi connectivity index (χ1v) is 6.60. The van der Waals surface area contributed by atoms with E-state index in [4.69, 9.17) is 0 Å². The van der Waals surface area contributed by atoms with Gasteiger partial charge in [-0.3, -0.25) is 0 Å². The topological polar surface area (TPSA) is 35.5 Å². The summed E-state index contributed by atoms with van der Waals surface area (Å²) in [6, 6.07) is 7.83. The minimum Gasteiger partial charge on any atom is -0.508 e. The number of hydrogen-bond donors (Lipinski definition) is 2. The lowest BCUT2D eigenvalue weighted by Crippen LogP contribution is -2.43. The third-order valence-electron chi connectivity index (χ3n) is 3.41. The van der Waals surface area contributed by atoms with Crippen LogP contribution in [0, 0.1) is 0 Å². The first kappa shape index (κ1) is 12.4.